The Morgan fingerprint density at radius 2 is 1.73 bits per heavy atom. The Balaban J connectivity index is 1.84. The fraction of sp³-hybridized carbons (Fsp3) is 0.200. The Hall–Kier alpha value is -3.96. The highest BCUT2D eigenvalue weighted by molar-refractivity contribution is 7.92. The van der Waals surface area contributed by atoms with Crippen molar-refractivity contribution >= 4 is 45.0 Å². The van der Waals surface area contributed by atoms with Crippen LogP contribution in [0.1, 0.15) is 6.92 Å². The minimum atomic E-state index is -4.14. The summed E-state index contributed by atoms with van der Waals surface area (Å²) in [6.45, 7) is 1.47. The van der Waals surface area contributed by atoms with Crippen LogP contribution in [0, 0.1) is 5.92 Å². The molecule has 3 aromatic rings. The number of nitrogens with one attached hydrogen (secondary N) is 3. The molecule has 10 nitrogen and oxygen atoms in total. The molecular weight excluding hydrogens is 522 g/mol. The number of anilines is 2. The van der Waals surface area contributed by atoms with Gasteiger partial charge >= 0.3 is 6.09 Å². The molecule has 0 saturated carbocycles. The van der Waals surface area contributed by atoms with Gasteiger partial charge in [-0.2, -0.15) is 0 Å². The second kappa shape index (κ2) is 11.8. The van der Waals surface area contributed by atoms with Crippen LogP contribution in [0.25, 0.3) is 11.1 Å². The van der Waals surface area contributed by atoms with Gasteiger partial charge in [0.15, 0.2) is 0 Å². The number of benzene rings is 3. The number of carbonyl (C=O) groups excluding carboxylic acids is 1. The molecule has 0 fully saturated rings. The lowest BCUT2D eigenvalue weighted by atomic mass is 10.1. The summed E-state index contributed by atoms with van der Waals surface area (Å²) >= 11 is 6.38. The number of methoxy groups -OCH3 is 2. The maximum Gasteiger partial charge on any atom is 0.404 e. The Morgan fingerprint density at radius 1 is 1.00 bits per heavy atom. The molecule has 0 heterocycles. The first-order valence-electron chi connectivity index (χ1n) is 11.0. The van der Waals surface area contributed by atoms with Gasteiger partial charge in [0.2, 0.25) is 5.91 Å². The van der Waals surface area contributed by atoms with Crippen molar-refractivity contribution in [2.45, 2.75) is 11.8 Å². The summed E-state index contributed by atoms with van der Waals surface area (Å²) in [6, 6.07) is 16.3. The van der Waals surface area contributed by atoms with E-state index in [0.717, 1.165) is 5.56 Å². The summed E-state index contributed by atoms with van der Waals surface area (Å²) in [6.07, 6.45) is -1.24. The van der Waals surface area contributed by atoms with Crippen molar-refractivity contribution in [2.75, 3.05) is 30.8 Å². The normalized spacial score (nSPS) is 11.8. The second-order valence-corrected chi connectivity index (χ2v) is 10.0. The summed E-state index contributed by atoms with van der Waals surface area (Å²) in [7, 11) is -1.21. The third kappa shape index (κ3) is 7.05. The van der Waals surface area contributed by atoms with Crippen molar-refractivity contribution < 1.29 is 32.6 Å². The molecule has 196 valence electrons. The Bertz CT molecular complexity index is 1410. The van der Waals surface area contributed by atoms with Crippen molar-refractivity contribution in [3.05, 3.63) is 65.7 Å². The number of rotatable bonds is 10. The molecule has 0 aliphatic rings. The van der Waals surface area contributed by atoms with Crippen LogP contribution in [0.15, 0.2) is 65.6 Å². The standard InChI is InChI=1S/C25H26ClN3O7S/c1-15(14-27-25(31)32)24(30)28-18-8-9-22(36-3)21(13-18)29-37(33,34)23-10-7-17(12-20(23)26)16-5-4-6-19(11-16)35-2/h4-13,15,27,29H,14H2,1-3H3,(H,28,30)(H,31,32)/t15-/m0/s1. The number of hydrogen-bond donors (Lipinski definition) is 4. The van der Waals surface area contributed by atoms with Crippen molar-refractivity contribution in [1.29, 1.82) is 0 Å². The van der Waals surface area contributed by atoms with Gasteiger partial charge in [-0.15, -0.1) is 0 Å². The van der Waals surface area contributed by atoms with E-state index in [9.17, 15) is 18.0 Å². The molecule has 3 aromatic carbocycles. The Labute approximate surface area is 219 Å². The number of carbonyl (C=O) groups is 2. The van der Waals surface area contributed by atoms with E-state index in [1.54, 1.807) is 38.3 Å². The highest BCUT2D eigenvalue weighted by atomic mass is 35.5. The quantitative estimate of drug-likeness (QED) is 0.289. The fourth-order valence-electron chi connectivity index (χ4n) is 3.36. The molecule has 0 aliphatic carbocycles. The molecule has 0 aliphatic heterocycles. The number of halogens is 1. The first-order valence-corrected chi connectivity index (χ1v) is 12.8. The molecule has 0 bridgehead atoms. The van der Waals surface area contributed by atoms with E-state index < -0.39 is 27.9 Å². The molecule has 3 rings (SSSR count). The molecule has 1 atom stereocenters. The largest absolute Gasteiger partial charge is 0.497 e. The number of amides is 2. The van der Waals surface area contributed by atoms with Crippen LogP contribution in [-0.4, -0.2) is 46.3 Å². The molecule has 4 N–H and O–H groups in total. The zero-order valence-corrected chi connectivity index (χ0v) is 21.8. The summed E-state index contributed by atoms with van der Waals surface area (Å²) < 4.78 is 39.4. The van der Waals surface area contributed by atoms with E-state index in [-0.39, 0.29) is 33.6 Å². The predicted molar refractivity (Wildman–Crippen MR) is 141 cm³/mol. The highest BCUT2D eigenvalue weighted by Crippen LogP contribution is 2.34. The van der Waals surface area contributed by atoms with Crippen molar-refractivity contribution in [3.8, 4) is 22.6 Å². The van der Waals surface area contributed by atoms with Gasteiger partial charge in [0.1, 0.15) is 16.4 Å². The molecular formula is C25H26ClN3O7S. The van der Waals surface area contributed by atoms with E-state index in [0.29, 0.717) is 11.3 Å². The first kappa shape index (κ1) is 27.6. The number of hydrogen-bond acceptors (Lipinski definition) is 6. The van der Waals surface area contributed by atoms with Gasteiger partial charge in [-0.05, 0) is 53.6 Å². The Morgan fingerprint density at radius 3 is 2.38 bits per heavy atom. The number of ether oxygens (including phenoxy) is 2. The molecule has 37 heavy (non-hydrogen) atoms. The van der Waals surface area contributed by atoms with Crippen molar-refractivity contribution in [2.24, 2.45) is 5.92 Å². The molecule has 0 spiro atoms. The lowest BCUT2D eigenvalue weighted by Gasteiger charge is -2.16. The van der Waals surface area contributed by atoms with Crippen molar-refractivity contribution in [3.63, 3.8) is 0 Å². The lowest BCUT2D eigenvalue weighted by molar-refractivity contribution is -0.119. The van der Waals surface area contributed by atoms with E-state index in [1.807, 2.05) is 12.1 Å². The molecule has 2 amide bonds. The fourth-order valence-corrected chi connectivity index (χ4v) is 4.97. The SMILES string of the molecule is COc1cccc(-c2ccc(S(=O)(=O)Nc3cc(NC(=O)[C@@H](C)CNC(=O)O)ccc3OC)c(Cl)c2)c1. The van der Waals surface area contributed by atoms with E-state index in [1.165, 1.54) is 31.4 Å². The first-order chi connectivity index (χ1) is 17.5. The van der Waals surface area contributed by atoms with Crippen LogP contribution < -0.4 is 24.8 Å². The van der Waals surface area contributed by atoms with Crippen LogP contribution in [0.5, 0.6) is 11.5 Å². The zero-order valence-electron chi connectivity index (χ0n) is 20.2. The lowest BCUT2D eigenvalue weighted by Crippen LogP contribution is -2.33. The molecule has 0 aromatic heterocycles. The maximum absolute atomic E-state index is 13.2. The van der Waals surface area contributed by atoms with Gasteiger partial charge in [-0.1, -0.05) is 36.7 Å². The van der Waals surface area contributed by atoms with E-state index in [2.05, 4.69) is 15.4 Å². The smallest absolute Gasteiger partial charge is 0.404 e. The third-order valence-electron chi connectivity index (χ3n) is 5.34. The van der Waals surface area contributed by atoms with Gasteiger partial charge in [0.25, 0.3) is 10.0 Å². The topological polar surface area (TPSA) is 143 Å². The zero-order chi connectivity index (χ0) is 27.2. The van der Waals surface area contributed by atoms with Gasteiger partial charge in [-0.25, -0.2) is 13.2 Å². The minimum absolute atomic E-state index is 0.0102. The average Bonchev–Trinajstić information content (AvgIpc) is 2.86. The van der Waals surface area contributed by atoms with Crippen LogP contribution in [0.3, 0.4) is 0 Å². The molecule has 0 saturated heterocycles. The summed E-state index contributed by atoms with van der Waals surface area (Å²) in [4.78, 5) is 22.9. The maximum atomic E-state index is 13.2. The van der Waals surface area contributed by atoms with Gasteiger partial charge < -0.3 is 25.2 Å². The van der Waals surface area contributed by atoms with Crippen molar-refractivity contribution in [1.82, 2.24) is 5.32 Å². The molecule has 0 unspecified atom stereocenters. The predicted octanol–water partition coefficient (Wildman–Crippen LogP) is 4.67. The monoisotopic (exact) mass is 547 g/mol. The van der Waals surface area contributed by atoms with E-state index >= 15 is 0 Å². The average molecular weight is 548 g/mol. The van der Waals surface area contributed by atoms with Crippen LogP contribution in [0.4, 0.5) is 16.2 Å². The summed E-state index contributed by atoms with van der Waals surface area (Å²) in [5, 5.41) is 13.5. The number of carboxylic acid groups (broad SMARTS) is 1. The second-order valence-electron chi connectivity index (χ2n) is 7.97. The summed E-state index contributed by atoms with van der Waals surface area (Å²) in [5.74, 6) is -0.256. The van der Waals surface area contributed by atoms with Gasteiger partial charge in [0.05, 0.1) is 30.8 Å². The van der Waals surface area contributed by atoms with Gasteiger partial charge in [-0.3, -0.25) is 9.52 Å². The van der Waals surface area contributed by atoms with Crippen LogP contribution >= 0.6 is 11.6 Å². The third-order valence-corrected chi connectivity index (χ3v) is 7.19. The molecule has 0 radical (unpaired) electrons. The van der Waals surface area contributed by atoms with Crippen LogP contribution in [0.2, 0.25) is 5.02 Å². The number of sulfonamides is 1. The summed E-state index contributed by atoms with van der Waals surface area (Å²) in [5.41, 5.74) is 1.86. The van der Waals surface area contributed by atoms with Crippen LogP contribution in [-0.2, 0) is 14.8 Å². The minimum Gasteiger partial charge on any atom is -0.497 e. The molecule has 12 heteroatoms. The highest BCUT2D eigenvalue weighted by Gasteiger charge is 2.22. The van der Waals surface area contributed by atoms with E-state index in [4.69, 9.17) is 26.2 Å². The Kier molecular flexibility index (Phi) is 8.85. The van der Waals surface area contributed by atoms with Gasteiger partial charge in [0, 0.05) is 12.2 Å².